The Balaban J connectivity index is 1.82. The highest BCUT2D eigenvalue weighted by atomic mass is 32.2. The SMILES string of the molecule is Cc1cccc(N(C)S(=O)(=O)c2csc(C(=O)Nc3cccc(F)c3)c2)c1. The van der Waals surface area contributed by atoms with Crippen LogP contribution in [0.25, 0.3) is 0 Å². The average molecular weight is 404 g/mol. The first-order chi connectivity index (χ1) is 12.8. The van der Waals surface area contributed by atoms with Gasteiger partial charge in [0.1, 0.15) is 5.82 Å². The Hall–Kier alpha value is -2.71. The number of halogens is 1. The van der Waals surface area contributed by atoms with Crippen molar-refractivity contribution in [3.63, 3.8) is 0 Å². The summed E-state index contributed by atoms with van der Waals surface area (Å²) in [6, 6.07) is 13.9. The maximum absolute atomic E-state index is 13.2. The molecule has 0 saturated heterocycles. The van der Waals surface area contributed by atoms with Crippen molar-refractivity contribution in [3.8, 4) is 0 Å². The molecule has 1 N–H and O–H groups in total. The number of hydrogen-bond donors (Lipinski definition) is 1. The Labute approximate surface area is 161 Å². The van der Waals surface area contributed by atoms with Crippen molar-refractivity contribution < 1.29 is 17.6 Å². The number of aryl methyl sites for hydroxylation is 1. The maximum Gasteiger partial charge on any atom is 0.265 e. The molecule has 0 aliphatic carbocycles. The van der Waals surface area contributed by atoms with Gasteiger partial charge in [-0.15, -0.1) is 11.3 Å². The second-order valence-electron chi connectivity index (χ2n) is 5.92. The first-order valence-corrected chi connectivity index (χ1v) is 10.3. The number of amides is 1. The van der Waals surface area contributed by atoms with Crippen LogP contribution in [0.2, 0.25) is 0 Å². The van der Waals surface area contributed by atoms with E-state index < -0.39 is 21.7 Å². The van der Waals surface area contributed by atoms with Gasteiger partial charge in [0.15, 0.2) is 0 Å². The van der Waals surface area contributed by atoms with Crippen LogP contribution in [0.15, 0.2) is 64.9 Å². The third kappa shape index (κ3) is 4.17. The minimum absolute atomic E-state index is 0.0286. The number of nitrogens with one attached hydrogen (secondary N) is 1. The Bertz CT molecular complexity index is 1090. The van der Waals surface area contributed by atoms with Crippen LogP contribution in [0.5, 0.6) is 0 Å². The van der Waals surface area contributed by atoms with Crippen LogP contribution < -0.4 is 9.62 Å². The number of anilines is 2. The topological polar surface area (TPSA) is 66.5 Å². The summed E-state index contributed by atoms with van der Waals surface area (Å²) in [7, 11) is -2.33. The van der Waals surface area contributed by atoms with E-state index in [0.29, 0.717) is 11.4 Å². The van der Waals surface area contributed by atoms with Gasteiger partial charge in [-0.05, 0) is 48.9 Å². The van der Waals surface area contributed by atoms with Crippen molar-refractivity contribution in [2.75, 3.05) is 16.7 Å². The second kappa shape index (κ2) is 7.50. The molecule has 0 aliphatic rings. The van der Waals surface area contributed by atoms with Gasteiger partial charge >= 0.3 is 0 Å². The van der Waals surface area contributed by atoms with E-state index in [-0.39, 0.29) is 9.77 Å². The monoisotopic (exact) mass is 404 g/mol. The highest BCUT2D eigenvalue weighted by Crippen LogP contribution is 2.27. The van der Waals surface area contributed by atoms with Crippen LogP contribution in [0.4, 0.5) is 15.8 Å². The van der Waals surface area contributed by atoms with E-state index in [1.54, 1.807) is 24.3 Å². The molecule has 1 aromatic heterocycles. The summed E-state index contributed by atoms with van der Waals surface area (Å²) in [4.78, 5) is 12.6. The zero-order valence-electron chi connectivity index (χ0n) is 14.6. The van der Waals surface area contributed by atoms with E-state index >= 15 is 0 Å². The summed E-state index contributed by atoms with van der Waals surface area (Å²) in [5.41, 5.74) is 1.77. The fourth-order valence-corrected chi connectivity index (χ4v) is 4.80. The molecule has 5 nitrogen and oxygen atoms in total. The van der Waals surface area contributed by atoms with Gasteiger partial charge < -0.3 is 5.32 Å². The third-order valence-electron chi connectivity index (χ3n) is 3.91. The Morgan fingerprint density at radius 3 is 2.56 bits per heavy atom. The molecule has 27 heavy (non-hydrogen) atoms. The Morgan fingerprint density at radius 2 is 1.85 bits per heavy atom. The predicted octanol–water partition coefficient (Wildman–Crippen LogP) is 4.27. The number of sulfonamides is 1. The largest absolute Gasteiger partial charge is 0.321 e. The number of rotatable bonds is 5. The molecule has 0 aliphatic heterocycles. The van der Waals surface area contributed by atoms with Gasteiger partial charge in [0.25, 0.3) is 15.9 Å². The lowest BCUT2D eigenvalue weighted by Crippen LogP contribution is -2.26. The number of benzene rings is 2. The molecule has 2 aromatic carbocycles. The number of nitrogens with zero attached hydrogens (tertiary/aromatic N) is 1. The van der Waals surface area contributed by atoms with E-state index in [0.717, 1.165) is 16.9 Å². The Kier molecular flexibility index (Phi) is 5.29. The molecule has 0 bridgehead atoms. The zero-order chi connectivity index (χ0) is 19.6. The van der Waals surface area contributed by atoms with Crippen LogP contribution in [0.3, 0.4) is 0 Å². The summed E-state index contributed by atoms with van der Waals surface area (Å²) in [6.07, 6.45) is 0. The maximum atomic E-state index is 13.2. The second-order valence-corrected chi connectivity index (χ2v) is 8.80. The molecule has 3 aromatic rings. The minimum Gasteiger partial charge on any atom is -0.321 e. The van der Waals surface area contributed by atoms with E-state index in [1.165, 1.54) is 41.0 Å². The van der Waals surface area contributed by atoms with Gasteiger partial charge in [0.05, 0.1) is 15.5 Å². The summed E-state index contributed by atoms with van der Waals surface area (Å²) >= 11 is 1.01. The van der Waals surface area contributed by atoms with Crippen LogP contribution in [-0.4, -0.2) is 21.4 Å². The smallest absolute Gasteiger partial charge is 0.265 e. The van der Waals surface area contributed by atoms with Gasteiger partial charge in [-0.2, -0.15) is 0 Å². The summed E-state index contributed by atoms with van der Waals surface area (Å²) in [5, 5.41) is 3.97. The molecule has 0 fully saturated rings. The normalized spacial score (nSPS) is 11.2. The van der Waals surface area contributed by atoms with Crippen molar-refractivity contribution in [2.24, 2.45) is 0 Å². The molecular formula is C19H17FN2O3S2. The lowest BCUT2D eigenvalue weighted by molar-refractivity contribution is 0.103. The summed E-state index contributed by atoms with van der Waals surface area (Å²) in [5.74, 6) is -0.965. The van der Waals surface area contributed by atoms with E-state index in [2.05, 4.69) is 5.32 Å². The van der Waals surface area contributed by atoms with Gasteiger partial charge in [0, 0.05) is 18.1 Å². The minimum atomic E-state index is -3.80. The molecule has 0 spiro atoms. The molecule has 3 rings (SSSR count). The highest BCUT2D eigenvalue weighted by Gasteiger charge is 2.24. The molecule has 0 saturated carbocycles. The number of hydrogen-bond acceptors (Lipinski definition) is 4. The molecule has 1 heterocycles. The van der Waals surface area contributed by atoms with Gasteiger partial charge in [-0.1, -0.05) is 18.2 Å². The van der Waals surface area contributed by atoms with E-state index in [1.807, 2.05) is 13.0 Å². The summed E-state index contributed by atoms with van der Waals surface area (Å²) < 4.78 is 40.1. The number of thiophene rings is 1. The van der Waals surface area contributed by atoms with E-state index in [9.17, 15) is 17.6 Å². The first kappa shape index (κ1) is 19.1. The van der Waals surface area contributed by atoms with Gasteiger partial charge in [-0.3, -0.25) is 9.10 Å². The molecule has 140 valence electrons. The number of carbonyl (C=O) groups is 1. The lowest BCUT2D eigenvalue weighted by Gasteiger charge is -2.19. The fourth-order valence-electron chi connectivity index (χ4n) is 2.45. The highest BCUT2D eigenvalue weighted by molar-refractivity contribution is 7.93. The van der Waals surface area contributed by atoms with Gasteiger partial charge in [0.2, 0.25) is 0 Å². The summed E-state index contributed by atoms with van der Waals surface area (Å²) in [6.45, 7) is 1.88. The van der Waals surface area contributed by atoms with Crippen molar-refractivity contribution in [1.82, 2.24) is 0 Å². The number of carbonyl (C=O) groups excluding carboxylic acids is 1. The zero-order valence-corrected chi connectivity index (χ0v) is 16.3. The predicted molar refractivity (Wildman–Crippen MR) is 105 cm³/mol. The van der Waals surface area contributed by atoms with Crippen molar-refractivity contribution >= 4 is 38.6 Å². The lowest BCUT2D eigenvalue weighted by atomic mass is 10.2. The first-order valence-electron chi connectivity index (χ1n) is 7.98. The van der Waals surface area contributed by atoms with Crippen molar-refractivity contribution in [1.29, 1.82) is 0 Å². The van der Waals surface area contributed by atoms with Crippen LogP contribution in [0.1, 0.15) is 15.2 Å². The van der Waals surface area contributed by atoms with Crippen molar-refractivity contribution in [3.05, 3.63) is 76.2 Å². The molecule has 0 unspecified atom stereocenters. The quantitative estimate of drug-likeness (QED) is 0.690. The fraction of sp³-hybridized carbons (Fsp3) is 0.105. The molecule has 1 amide bonds. The molecule has 0 radical (unpaired) electrons. The third-order valence-corrected chi connectivity index (χ3v) is 6.75. The standard InChI is InChI=1S/C19H17FN2O3S2/c1-13-5-3-8-16(9-13)22(2)27(24,25)17-11-18(26-12-17)19(23)21-15-7-4-6-14(20)10-15/h3-12H,1-2H3,(H,21,23). The Morgan fingerprint density at radius 1 is 1.11 bits per heavy atom. The van der Waals surface area contributed by atoms with Crippen LogP contribution in [-0.2, 0) is 10.0 Å². The average Bonchev–Trinajstić information content (AvgIpc) is 3.12. The van der Waals surface area contributed by atoms with Crippen LogP contribution in [0, 0.1) is 12.7 Å². The molecule has 8 heteroatoms. The van der Waals surface area contributed by atoms with Gasteiger partial charge in [-0.25, -0.2) is 12.8 Å². The molecule has 0 atom stereocenters. The van der Waals surface area contributed by atoms with Crippen LogP contribution >= 0.6 is 11.3 Å². The molecular weight excluding hydrogens is 387 g/mol. The van der Waals surface area contributed by atoms with Crippen molar-refractivity contribution in [2.45, 2.75) is 11.8 Å². The van der Waals surface area contributed by atoms with E-state index in [4.69, 9.17) is 0 Å².